The zero-order valence-electron chi connectivity index (χ0n) is 10.8. The van der Waals surface area contributed by atoms with Gasteiger partial charge in [0.25, 0.3) is 0 Å². The van der Waals surface area contributed by atoms with Gasteiger partial charge < -0.3 is 4.74 Å². The van der Waals surface area contributed by atoms with Gasteiger partial charge in [0.05, 0.1) is 23.7 Å². The van der Waals surface area contributed by atoms with Gasteiger partial charge in [0.15, 0.2) is 5.78 Å². The van der Waals surface area contributed by atoms with Gasteiger partial charge in [-0.2, -0.15) is 5.26 Å². The third kappa shape index (κ3) is 4.05. The number of Topliss-reactive ketones (excluding diaryl/α,β-unsaturated/α-hetero) is 1. The molecule has 0 aliphatic carbocycles. The minimum atomic E-state index is -0.428. The highest BCUT2D eigenvalue weighted by atomic mass is 35.5. The van der Waals surface area contributed by atoms with Crippen LogP contribution in [0.2, 0.25) is 5.02 Å². The molecular formula is C14H16ClNO2. The number of carbonyl (C=O) groups is 1. The summed E-state index contributed by atoms with van der Waals surface area (Å²) in [4.78, 5) is 11.4. The van der Waals surface area contributed by atoms with E-state index in [4.69, 9.17) is 21.6 Å². The molecule has 0 aliphatic heterocycles. The van der Waals surface area contributed by atoms with E-state index in [1.54, 1.807) is 18.2 Å². The fraction of sp³-hybridized carbons (Fsp3) is 0.429. The number of ketones is 1. The summed E-state index contributed by atoms with van der Waals surface area (Å²) in [6.07, 6.45) is 0.601. The van der Waals surface area contributed by atoms with E-state index in [0.29, 0.717) is 29.4 Å². The fourth-order valence-corrected chi connectivity index (χ4v) is 1.55. The first-order chi connectivity index (χ1) is 8.35. The van der Waals surface area contributed by atoms with E-state index in [-0.39, 0.29) is 5.78 Å². The number of benzene rings is 1. The van der Waals surface area contributed by atoms with Crippen molar-refractivity contribution in [3.63, 3.8) is 0 Å². The molecule has 0 N–H and O–H groups in total. The second kappa shape index (κ2) is 5.88. The van der Waals surface area contributed by atoms with E-state index in [1.165, 1.54) is 6.92 Å². The number of halogens is 1. The van der Waals surface area contributed by atoms with Crippen molar-refractivity contribution < 1.29 is 9.53 Å². The Morgan fingerprint density at radius 1 is 1.50 bits per heavy atom. The molecule has 1 rings (SSSR count). The van der Waals surface area contributed by atoms with Gasteiger partial charge in [-0.25, -0.2) is 0 Å². The van der Waals surface area contributed by atoms with Crippen molar-refractivity contribution in [1.82, 2.24) is 0 Å². The number of carbonyl (C=O) groups excluding carboxylic acids is 1. The van der Waals surface area contributed by atoms with Crippen LogP contribution < -0.4 is 4.74 Å². The third-order valence-electron chi connectivity index (χ3n) is 2.61. The molecule has 0 radical (unpaired) electrons. The van der Waals surface area contributed by atoms with Gasteiger partial charge >= 0.3 is 0 Å². The number of hydrogen-bond acceptors (Lipinski definition) is 3. The Morgan fingerprint density at radius 2 is 2.17 bits per heavy atom. The summed E-state index contributed by atoms with van der Waals surface area (Å²) in [6, 6.07) is 7.16. The maximum atomic E-state index is 11.4. The Morgan fingerprint density at radius 3 is 2.72 bits per heavy atom. The van der Waals surface area contributed by atoms with Crippen molar-refractivity contribution in [2.75, 3.05) is 6.61 Å². The Kier molecular flexibility index (Phi) is 4.75. The quantitative estimate of drug-likeness (QED) is 0.760. The summed E-state index contributed by atoms with van der Waals surface area (Å²) in [6.45, 7) is 5.56. The average molecular weight is 266 g/mol. The predicted molar refractivity (Wildman–Crippen MR) is 71.0 cm³/mol. The molecule has 0 bridgehead atoms. The van der Waals surface area contributed by atoms with E-state index in [0.717, 1.165) is 0 Å². The Balaban J connectivity index is 2.74. The smallest absolute Gasteiger partial charge is 0.163 e. The van der Waals surface area contributed by atoms with E-state index in [9.17, 15) is 4.79 Å². The van der Waals surface area contributed by atoms with Gasteiger partial charge in [-0.15, -0.1) is 0 Å². The van der Waals surface area contributed by atoms with Crippen LogP contribution in [0, 0.1) is 16.7 Å². The standard InChI is InChI=1S/C14H16ClNO2/c1-10(17)12-8-11(15)4-5-13(12)18-7-6-14(2,3)9-16/h4-5,8H,6-7H2,1-3H3. The molecule has 0 amide bonds. The summed E-state index contributed by atoms with van der Waals surface area (Å²) < 4.78 is 5.56. The molecule has 0 saturated carbocycles. The normalized spacial score (nSPS) is 10.8. The minimum absolute atomic E-state index is 0.0907. The largest absolute Gasteiger partial charge is 0.493 e. The van der Waals surface area contributed by atoms with E-state index < -0.39 is 5.41 Å². The predicted octanol–water partition coefficient (Wildman–Crippen LogP) is 3.86. The van der Waals surface area contributed by atoms with E-state index in [1.807, 2.05) is 13.8 Å². The maximum Gasteiger partial charge on any atom is 0.163 e. The van der Waals surface area contributed by atoms with Crippen molar-refractivity contribution in [3.8, 4) is 11.8 Å². The second-order valence-electron chi connectivity index (χ2n) is 4.79. The highest BCUT2D eigenvalue weighted by molar-refractivity contribution is 6.31. The number of rotatable bonds is 5. The van der Waals surface area contributed by atoms with Gasteiger partial charge in [-0.3, -0.25) is 4.79 Å². The Bertz CT molecular complexity index is 489. The molecule has 0 aromatic heterocycles. The monoisotopic (exact) mass is 265 g/mol. The van der Waals surface area contributed by atoms with E-state index >= 15 is 0 Å². The molecule has 4 heteroatoms. The van der Waals surface area contributed by atoms with Gasteiger partial charge in [-0.1, -0.05) is 11.6 Å². The van der Waals surface area contributed by atoms with Crippen molar-refractivity contribution in [2.24, 2.45) is 5.41 Å². The number of hydrogen-bond donors (Lipinski definition) is 0. The molecule has 0 unspecified atom stereocenters. The second-order valence-corrected chi connectivity index (χ2v) is 5.23. The first-order valence-electron chi connectivity index (χ1n) is 5.70. The molecule has 3 nitrogen and oxygen atoms in total. The van der Waals surface area contributed by atoms with E-state index in [2.05, 4.69) is 6.07 Å². The maximum absolute atomic E-state index is 11.4. The van der Waals surface area contributed by atoms with Crippen LogP contribution in [-0.2, 0) is 0 Å². The first-order valence-corrected chi connectivity index (χ1v) is 6.08. The summed E-state index contributed by atoms with van der Waals surface area (Å²) in [7, 11) is 0. The zero-order valence-corrected chi connectivity index (χ0v) is 11.5. The summed E-state index contributed by atoms with van der Waals surface area (Å²) in [5.41, 5.74) is 0.0419. The van der Waals surface area contributed by atoms with Crippen molar-refractivity contribution >= 4 is 17.4 Å². The lowest BCUT2D eigenvalue weighted by atomic mass is 9.92. The Labute approximate surface area is 112 Å². The molecule has 0 heterocycles. The van der Waals surface area contributed by atoms with Gasteiger partial charge in [-0.05, 0) is 45.4 Å². The van der Waals surface area contributed by atoms with Crippen LogP contribution >= 0.6 is 11.6 Å². The SMILES string of the molecule is CC(=O)c1cc(Cl)ccc1OCCC(C)(C)C#N. The molecule has 0 aliphatic rings. The molecule has 1 aromatic carbocycles. The highest BCUT2D eigenvalue weighted by Gasteiger charge is 2.17. The van der Waals surface area contributed by atoms with Crippen molar-refractivity contribution in [1.29, 1.82) is 5.26 Å². The van der Waals surface area contributed by atoms with Crippen LogP contribution in [0.25, 0.3) is 0 Å². The Hall–Kier alpha value is -1.53. The number of nitriles is 1. The minimum Gasteiger partial charge on any atom is -0.493 e. The van der Waals surface area contributed by atoms with Crippen LogP contribution in [0.4, 0.5) is 0 Å². The molecule has 0 spiro atoms. The zero-order chi connectivity index (χ0) is 13.8. The van der Waals surface area contributed by atoms with Crippen LogP contribution in [0.3, 0.4) is 0 Å². The molecule has 0 saturated heterocycles. The van der Waals surface area contributed by atoms with Crippen LogP contribution in [0.5, 0.6) is 5.75 Å². The number of ether oxygens (including phenoxy) is 1. The van der Waals surface area contributed by atoms with Crippen LogP contribution in [0.1, 0.15) is 37.6 Å². The summed E-state index contributed by atoms with van der Waals surface area (Å²) in [5.74, 6) is 0.424. The lowest BCUT2D eigenvalue weighted by molar-refractivity contribution is 0.101. The van der Waals surface area contributed by atoms with Gasteiger partial charge in [0.2, 0.25) is 0 Å². The fourth-order valence-electron chi connectivity index (χ4n) is 1.38. The summed E-state index contributed by atoms with van der Waals surface area (Å²) in [5, 5.41) is 9.40. The highest BCUT2D eigenvalue weighted by Crippen LogP contribution is 2.25. The molecule has 0 atom stereocenters. The van der Waals surface area contributed by atoms with Crippen LogP contribution in [-0.4, -0.2) is 12.4 Å². The van der Waals surface area contributed by atoms with Gasteiger partial charge in [0, 0.05) is 5.02 Å². The third-order valence-corrected chi connectivity index (χ3v) is 2.84. The molecular weight excluding hydrogens is 250 g/mol. The molecule has 0 fully saturated rings. The molecule has 18 heavy (non-hydrogen) atoms. The lowest BCUT2D eigenvalue weighted by Crippen LogP contribution is -2.14. The van der Waals surface area contributed by atoms with Crippen molar-refractivity contribution in [2.45, 2.75) is 27.2 Å². The molecule has 1 aromatic rings. The van der Waals surface area contributed by atoms with Crippen LogP contribution in [0.15, 0.2) is 18.2 Å². The lowest BCUT2D eigenvalue weighted by Gasteiger charge is -2.16. The molecule has 96 valence electrons. The average Bonchev–Trinajstić information content (AvgIpc) is 2.30. The first kappa shape index (κ1) is 14.5. The van der Waals surface area contributed by atoms with Crippen molar-refractivity contribution in [3.05, 3.63) is 28.8 Å². The number of nitrogens with zero attached hydrogens (tertiary/aromatic N) is 1. The summed E-state index contributed by atoms with van der Waals surface area (Å²) >= 11 is 5.84. The van der Waals surface area contributed by atoms with Gasteiger partial charge in [0.1, 0.15) is 5.75 Å². The topological polar surface area (TPSA) is 50.1 Å².